The van der Waals surface area contributed by atoms with Crippen LogP contribution in [0.25, 0.3) is 0 Å². The molecule has 2 aliphatic heterocycles. The number of fused-ring (bicyclic) bond motifs is 2. The first kappa shape index (κ1) is 15.0. The van der Waals surface area contributed by atoms with Crippen LogP contribution in [0.2, 0.25) is 0 Å². The van der Waals surface area contributed by atoms with E-state index in [4.69, 9.17) is 0 Å². The largest absolute Gasteiger partial charge is 0.465 e. The van der Waals surface area contributed by atoms with Crippen LogP contribution in [0.15, 0.2) is 16.3 Å². The van der Waals surface area contributed by atoms with Gasteiger partial charge in [0.15, 0.2) is 0 Å². The fourth-order valence-electron chi connectivity index (χ4n) is 3.11. The Hall–Kier alpha value is -0.960. The number of piperidine rings is 1. The van der Waals surface area contributed by atoms with Crippen molar-refractivity contribution in [2.75, 3.05) is 7.11 Å². The van der Waals surface area contributed by atoms with E-state index in [1.54, 1.807) is 0 Å². The van der Waals surface area contributed by atoms with Crippen LogP contribution in [0, 0.1) is 0 Å². The standard InChI is InChI=1S/C13H18N2O4S2/c1-19-13(16)12-6-11(7-20-12)21(17,18)15-10-4-8-2-3-9(5-10)14-8/h6-10,14-15H,2-5H2,1H3. The summed E-state index contributed by atoms with van der Waals surface area (Å²) in [5, 5.41) is 4.95. The number of rotatable bonds is 4. The van der Waals surface area contributed by atoms with E-state index >= 15 is 0 Å². The molecule has 2 unspecified atom stereocenters. The van der Waals surface area contributed by atoms with Gasteiger partial charge in [0.25, 0.3) is 0 Å². The van der Waals surface area contributed by atoms with Crippen LogP contribution in [-0.4, -0.2) is 39.6 Å². The third kappa shape index (κ3) is 3.13. The molecule has 1 aromatic rings. The van der Waals surface area contributed by atoms with E-state index in [0.717, 1.165) is 37.0 Å². The first-order valence-electron chi connectivity index (χ1n) is 6.93. The average molecular weight is 330 g/mol. The van der Waals surface area contributed by atoms with Crippen LogP contribution in [0.3, 0.4) is 0 Å². The molecule has 0 radical (unpaired) electrons. The van der Waals surface area contributed by atoms with E-state index in [1.807, 2.05) is 0 Å². The molecule has 2 atom stereocenters. The molecular formula is C13H18N2O4S2. The molecule has 0 aromatic carbocycles. The van der Waals surface area contributed by atoms with Crippen molar-refractivity contribution in [3.63, 3.8) is 0 Å². The van der Waals surface area contributed by atoms with Crippen molar-refractivity contribution in [2.24, 2.45) is 0 Å². The molecule has 2 saturated heterocycles. The Morgan fingerprint density at radius 3 is 2.67 bits per heavy atom. The lowest BCUT2D eigenvalue weighted by molar-refractivity contribution is 0.0606. The molecule has 116 valence electrons. The molecular weight excluding hydrogens is 312 g/mol. The Bertz CT molecular complexity index is 628. The Labute approximate surface area is 127 Å². The topological polar surface area (TPSA) is 84.5 Å². The van der Waals surface area contributed by atoms with E-state index < -0.39 is 16.0 Å². The summed E-state index contributed by atoms with van der Waals surface area (Å²) in [6, 6.07) is 2.18. The van der Waals surface area contributed by atoms with Crippen LogP contribution >= 0.6 is 11.3 Å². The van der Waals surface area contributed by atoms with Crippen molar-refractivity contribution in [1.29, 1.82) is 0 Å². The van der Waals surface area contributed by atoms with Gasteiger partial charge in [-0.1, -0.05) is 0 Å². The zero-order valence-corrected chi connectivity index (χ0v) is 13.3. The molecule has 2 fully saturated rings. The summed E-state index contributed by atoms with van der Waals surface area (Å²) in [5.74, 6) is -0.513. The third-order valence-corrected chi connectivity index (χ3v) is 6.63. The fraction of sp³-hybridized carbons (Fsp3) is 0.615. The van der Waals surface area contributed by atoms with Gasteiger partial charge in [0.1, 0.15) is 4.88 Å². The lowest BCUT2D eigenvalue weighted by Gasteiger charge is -2.29. The minimum absolute atomic E-state index is 0.0322. The lowest BCUT2D eigenvalue weighted by Crippen LogP contribution is -2.47. The van der Waals surface area contributed by atoms with Gasteiger partial charge < -0.3 is 10.1 Å². The summed E-state index contributed by atoms with van der Waals surface area (Å²) >= 11 is 1.08. The maximum absolute atomic E-state index is 12.4. The molecule has 8 heteroatoms. The Balaban J connectivity index is 1.72. The number of carbonyl (C=O) groups is 1. The second kappa shape index (κ2) is 5.68. The van der Waals surface area contributed by atoms with Crippen molar-refractivity contribution >= 4 is 27.3 Å². The quantitative estimate of drug-likeness (QED) is 0.808. The molecule has 3 heterocycles. The van der Waals surface area contributed by atoms with Gasteiger partial charge in [0.05, 0.1) is 12.0 Å². The Morgan fingerprint density at radius 1 is 1.38 bits per heavy atom. The molecule has 2 N–H and O–H groups in total. The minimum Gasteiger partial charge on any atom is -0.465 e. The number of methoxy groups -OCH3 is 1. The zero-order valence-electron chi connectivity index (χ0n) is 11.7. The SMILES string of the molecule is COC(=O)c1cc(S(=O)(=O)NC2CC3CCC(C2)N3)cs1. The number of esters is 1. The second-order valence-corrected chi connectivity index (χ2v) is 8.19. The van der Waals surface area contributed by atoms with Gasteiger partial charge in [-0.05, 0) is 31.7 Å². The summed E-state index contributed by atoms with van der Waals surface area (Å²) in [5.41, 5.74) is 0. The zero-order chi connectivity index (χ0) is 15.0. The number of hydrogen-bond acceptors (Lipinski definition) is 6. The van der Waals surface area contributed by atoms with E-state index in [9.17, 15) is 13.2 Å². The molecule has 0 amide bonds. The molecule has 1 aromatic heterocycles. The van der Waals surface area contributed by atoms with E-state index in [0.29, 0.717) is 17.0 Å². The van der Waals surface area contributed by atoms with Crippen molar-refractivity contribution in [3.8, 4) is 0 Å². The van der Waals surface area contributed by atoms with Gasteiger partial charge >= 0.3 is 5.97 Å². The number of thiophene rings is 1. The van der Waals surface area contributed by atoms with Crippen molar-refractivity contribution in [2.45, 2.75) is 48.7 Å². The molecule has 2 aliphatic rings. The summed E-state index contributed by atoms with van der Waals surface area (Å²) in [7, 11) is -2.30. The Kier molecular flexibility index (Phi) is 4.04. The fourth-order valence-corrected chi connectivity index (χ4v) is 5.56. The third-order valence-electron chi connectivity index (χ3n) is 4.07. The van der Waals surface area contributed by atoms with Crippen LogP contribution in [-0.2, 0) is 14.8 Å². The Morgan fingerprint density at radius 2 is 2.05 bits per heavy atom. The van der Waals surface area contributed by atoms with E-state index in [2.05, 4.69) is 14.8 Å². The number of sulfonamides is 1. The summed E-state index contributed by atoms with van der Waals surface area (Å²) in [6.45, 7) is 0. The summed E-state index contributed by atoms with van der Waals surface area (Å²) in [6.07, 6.45) is 3.88. The van der Waals surface area contributed by atoms with Crippen molar-refractivity contribution < 1.29 is 17.9 Å². The molecule has 2 bridgehead atoms. The molecule has 6 nitrogen and oxygen atoms in total. The van der Waals surface area contributed by atoms with E-state index in [1.165, 1.54) is 18.6 Å². The van der Waals surface area contributed by atoms with Gasteiger partial charge in [-0.2, -0.15) is 0 Å². The van der Waals surface area contributed by atoms with Crippen LogP contribution < -0.4 is 10.0 Å². The molecule has 0 saturated carbocycles. The van der Waals surface area contributed by atoms with Gasteiger partial charge in [0.2, 0.25) is 10.0 Å². The molecule has 0 aliphatic carbocycles. The lowest BCUT2D eigenvalue weighted by atomic mass is 10.0. The van der Waals surface area contributed by atoms with Crippen LogP contribution in [0.5, 0.6) is 0 Å². The maximum atomic E-state index is 12.4. The highest BCUT2D eigenvalue weighted by Crippen LogP contribution is 2.28. The maximum Gasteiger partial charge on any atom is 0.348 e. The van der Waals surface area contributed by atoms with E-state index in [-0.39, 0.29) is 10.9 Å². The normalized spacial score (nSPS) is 28.5. The number of hydrogen-bond donors (Lipinski definition) is 2. The second-order valence-electron chi connectivity index (χ2n) is 5.57. The highest BCUT2D eigenvalue weighted by atomic mass is 32.2. The molecule has 0 spiro atoms. The van der Waals surface area contributed by atoms with Crippen LogP contribution in [0.4, 0.5) is 0 Å². The van der Waals surface area contributed by atoms with Gasteiger partial charge in [0, 0.05) is 23.5 Å². The van der Waals surface area contributed by atoms with Gasteiger partial charge in [-0.3, -0.25) is 0 Å². The summed E-state index contributed by atoms with van der Waals surface area (Å²) in [4.78, 5) is 11.8. The monoisotopic (exact) mass is 330 g/mol. The highest BCUT2D eigenvalue weighted by Gasteiger charge is 2.35. The first-order chi connectivity index (χ1) is 9.98. The van der Waals surface area contributed by atoms with Crippen molar-refractivity contribution in [3.05, 3.63) is 16.3 Å². The van der Waals surface area contributed by atoms with Gasteiger partial charge in [-0.25, -0.2) is 17.9 Å². The highest BCUT2D eigenvalue weighted by molar-refractivity contribution is 7.89. The van der Waals surface area contributed by atoms with Crippen molar-refractivity contribution in [1.82, 2.24) is 10.0 Å². The number of ether oxygens (including phenoxy) is 1. The van der Waals surface area contributed by atoms with Crippen LogP contribution in [0.1, 0.15) is 35.4 Å². The summed E-state index contributed by atoms with van der Waals surface area (Å²) < 4.78 is 32.1. The molecule has 3 rings (SSSR count). The van der Waals surface area contributed by atoms with Gasteiger partial charge in [-0.15, -0.1) is 11.3 Å². The molecule has 21 heavy (non-hydrogen) atoms. The first-order valence-corrected chi connectivity index (χ1v) is 9.29. The average Bonchev–Trinajstić information content (AvgIpc) is 3.05. The smallest absolute Gasteiger partial charge is 0.348 e. The predicted molar refractivity (Wildman–Crippen MR) is 78.9 cm³/mol. The minimum atomic E-state index is -3.58. The number of carbonyl (C=O) groups excluding carboxylic acids is 1. The predicted octanol–water partition coefficient (Wildman–Crippen LogP) is 1.10. The number of nitrogens with one attached hydrogen (secondary N) is 2.